The van der Waals surface area contributed by atoms with Gasteiger partial charge < -0.3 is 5.32 Å². The predicted octanol–water partition coefficient (Wildman–Crippen LogP) is 4.46. The molecule has 104 valence electrons. The van der Waals surface area contributed by atoms with Gasteiger partial charge in [-0.25, -0.2) is 0 Å². The Kier molecular flexibility index (Phi) is 3.24. The smallest absolute Gasteiger partial charge is 0.225 e. The van der Waals surface area contributed by atoms with Crippen LogP contribution in [0, 0.1) is 5.41 Å². The van der Waals surface area contributed by atoms with Crippen LogP contribution in [0.5, 0.6) is 0 Å². The number of rotatable bonds is 0. The Morgan fingerprint density at radius 2 is 1.74 bits per heavy atom. The second-order valence-electron chi connectivity index (χ2n) is 7.72. The molecule has 2 heteroatoms. The summed E-state index contributed by atoms with van der Waals surface area (Å²) in [4.78, 5) is 11.9. The van der Waals surface area contributed by atoms with Crippen molar-refractivity contribution in [2.24, 2.45) is 5.41 Å². The molecule has 0 aliphatic carbocycles. The van der Waals surface area contributed by atoms with Crippen molar-refractivity contribution in [1.82, 2.24) is 0 Å². The van der Waals surface area contributed by atoms with E-state index in [0.29, 0.717) is 12.3 Å². The zero-order chi connectivity index (χ0) is 14.4. The van der Waals surface area contributed by atoms with Gasteiger partial charge in [0.05, 0.1) is 0 Å². The quantitative estimate of drug-likeness (QED) is 0.732. The summed E-state index contributed by atoms with van der Waals surface area (Å²) in [5.74, 6) is 0.434. The number of nitrogens with one attached hydrogen (secondary N) is 1. The highest BCUT2D eigenvalue weighted by Gasteiger charge is 2.34. The lowest BCUT2D eigenvalue weighted by Gasteiger charge is -2.36. The van der Waals surface area contributed by atoms with Crippen LogP contribution in [0.25, 0.3) is 0 Å². The number of anilines is 1. The minimum absolute atomic E-state index is 0.106. The largest absolute Gasteiger partial charge is 0.326 e. The number of carbonyl (C=O) groups excluding carboxylic acids is 1. The average Bonchev–Trinajstić information content (AvgIpc) is 2.24. The number of hydrogen-bond acceptors (Lipinski definition) is 1. The lowest BCUT2D eigenvalue weighted by molar-refractivity contribution is -0.117. The number of carbonyl (C=O) groups is 1. The van der Waals surface area contributed by atoms with Crippen LogP contribution in [-0.4, -0.2) is 5.91 Å². The van der Waals surface area contributed by atoms with E-state index in [1.165, 1.54) is 11.1 Å². The number of fused-ring (bicyclic) bond motifs is 1. The predicted molar refractivity (Wildman–Crippen MR) is 80.6 cm³/mol. The third kappa shape index (κ3) is 2.83. The number of amides is 1. The molecule has 1 aliphatic rings. The summed E-state index contributed by atoms with van der Waals surface area (Å²) in [5.41, 5.74) is 3.76. The van der Waals surface area contributed by atoms with E-state index >= 15 is 0 Å². The van der Waals surface area contributed by atoms with E-state index in [1.807, 2.05) is 0 Å². The molecular weight excluding hydrogens is 234 g/mol. The summed E-state index contributed by atoms with van der Waals surface area (Å²) in [6, 6.07) is 6.55. The van der Waals surface area contributed by atoms with Crippen LogP contribution in [0.15, 0.2) is 18.2 Å². The summed E-state index contributed by atoms with van der Waals surface area (Å²) < 4.78 is 0. The molecule has 0 saturated heterocycles. The van der Waals surface area contributed by atoms with Crippen LogP contribution in [0.2, 0.25) is 0 Å². The second kappa shape index (κ2) is 4.36. The van der Waals surface area contributed by atoms with E-state index < -0.39 is 0 Å². The van der Waals surface area contributed by atoms with Crippen molar-refractivity contribution in [2.45, 2.75) is 59.3 Å². The van der Waals surface area contributed by atoms with E-state index in [4.69, 9.17) is 0 Å². The Bertz CT molecular complexity index is 503. The van der Waals surface area contributed by atoms with Crippen molar-refractivity contribution >= 4 is 11.6 Å². The van der Waals surface area contributed by atoms with Crippen LogP contribution in [0.1, 0.15) is 65.0 Å². The molecule has 0 radical (unpaired) electrons. The van der Waals surface area contributed by atoms with Gasteiger partial charge in [0.2, 0.25) is 5.91 Å². The summed E-state index contributed by atoms with van der Waals surface area (Å²) >= 11 is 0. The van der Waals surface area contributed by atoms with Crippen molar-refractivity contribution in [3.8, 4) is 0 Å². The molecule has 0 aromatic heterocycles. The molecule has 1 N–H and O–H groups in total. The van der Waals surface area contributed by atoms with E-state index in [1.54, 1.807) is 0 Å². The molecule has 2 nitrogen and oxygen atoms in total. The molecule has 1 amide bonds. The standard InChI is InChI=1S/C17H25NO/c1-16(2,3)11-7-8-12-13(17(4,5)6)10-15(19)18-14(12)9-11/h7-9,13H,10H2,1-6H3,(H,18,19). The van der Waals surface area contributed by atoms with E-state index in [0.717, 1.165) is 5.69 Å². The first-order valence-electron chi connectivity index (χ1n) is 7.03. The third-order valence-corrected chi connectivity index (χ3v) is 4.00. The van der Waals surface area contributed by atoms with Gasteiger partial charge in [0.1, 0.15) is 0 Å². The Morgan fingerprint density at radius 1 is 1.11 bits per heavy atom. The molecule has 0 saturated carbocycles. The molecule has 1 aromatic rings. The first-order chi connectivity index (χ1) is 8.59. The maximum atomic E-state index is 11.9. The molecular formula is C17H25NO. The van der Waals surface area contributed by atoms with Crippen LogP contribution in [-0.2, 0) is 10.2 Å². The normalized spacial score (nSPS) is 19.9. The van der Waals surface area contributed by atoms with Crippen LogP contribution in [0.4, 0.5) is 5.69 Å². The van der Waals surface area contributed by atoms with Crippen molar-refractivity contribution in [1.29, 1.82) is 0 Å². The SMILES string of the molecule is CC(C)(C)c1ccc2c(c1)NC(=O)CC2C(C)(C)C. The van der Waals surface area contributed by atoms with Crippen molar-refractivity contribution in [3.63, 3.8) is 0 Å². The van der Waals surface area contributed by atoms with Gasteiger partial charge in [-0.05, 0) is 33.9 Å². The molecule has 0 fully saturated rings. The molecule has 1 atom stereocenters. The molecule has 2 rings (SSSR count). The molecule has 1 aliphatic heterocycles. The van der Waals surface area contributed by atoms with E-state index in [-0.39, 0.29) is 16.7 Å². The van der Waals surface area contributed by atoms with Gasteiger partial charge in [-0.1, -0.05) is 53.7 Å². The minimum atomic E-state index is 0.106. The third-order valence-electron chi connectivity index (χ3n) is 4.00. The van der Waals surface area contributed by atoms with Gasteiger partial charge in [-0.3, -0.25) is 4.79 Å². The number of hydrogen-bond donors (Lipinski definition) is 1. The molecule has 1 heterocycles. The Morgan fingerprint density at radius 3 is 2.26 bits per heavy atom. The molecule has 1 aromatic carbocycles. The van der Waals surface area contributed by atoms with Crippen molar-refractivity contribution < 1.29 is 4.79 Å². The zero-order valence-corrected chi connectivity index (χ0v) is 12.9. The number of benzene rings is 1. The highest BCUT2D eigenvalue weighted by atomic mass is 16.1. The van der Waals surface area contributed by atoms with Gasteiger partial charge >= 0.3 is 0 Å². The maximum Gasteiger partial charge on any atom is 0.225 e. The zero-order valence-electron chi connectivity index (χ0n) is 12.9. The first kappa shape index (κ1) is 14.1. The van der Waals surface area contributed by atoms with E-state index in [9.17, 15) is 4.79 Å². The van der Waals surface area contributed by atoms with Crippen LogP contribution < -0.4 is 5.32 Å². The molecule has 0 spiro atoms. The highest BCUT2D eigenvalue weighted by Crippen LogP contribution is 2.44. The van der Waals surface area contributed by atoms with Crippen molar-refractivity contribution in [2.75, 3.05) is 5.32 Å². The topological polar surface area (TPSA) is 29.1 Å². The average molecular weight is 259 g/mol. The highest BCUT2D eigenvalue weighted by molar-refractivity contribution is 5.95. The Labute approximate surface area is 116 Å². The summed E-state index contributed by atoms with van der Waals surface area (Å²) in [7, 11) is 0. The van der Waals surface area contributed by atoms with Crippen LogP contribution >= 0.6 is 0 Å². The minimum Gasteiger partial charge on any atom is -0.326 e. The molecule has 19 heavy (non-hydrogen) atoms. The molecule has 1 unspecified atom stereocenters. The summed E-state index contributed by atoms with van der Waals surface area (Å²) in [6.45, 7) is 13.2. The van der Waals surface area contributed by atoms with E-state index in [2.05, 4.69) is 65.1 Å². The second-order valence-corrected chi connectivity index (χ2v) is 7.72. The van der Waals surface area contributed by atoms with Crippen LogP contribution in [0.3, 0.4) is 0 Å². The lowest BCUT2D eigenvalue weighted by Crippen LogP contribution is -2.30. The lowest BCUT2D eigenvalue weighted by atomic mass is 9.72. The summed E-state index contributed by atoms with van der Waals surface area (Å²) in [5, 5.41) is 3.04. The molecule has 0 bridgehead atoms. The van der Waals surface area contributed by atoms with Gasteiger partial charge in [0.25, 0.3) is 0 Å². The fourth-order valence-electron chi connectivity index (χ4n) is 2.70. The van der Waals surface area contributed by atoms with Crippen molar-refractivity contribution in [3.05, 3.63) is 29.3 Å². The van der Waals surface area contributed by atoms with Gasteiger partial charge in [0, 0.05) is 12.1 Å². The van der Waals surface area contributed by atoms with Gasteiger partial charge in [0.15, 0.2) is 0 Å². The fourth-order valence-corrected chi connectivity index (χ4v) is 2.70. The Hall–Kier alpha value is -1.31. The Balaban J connectivity index is 2.50. The fraction of sp³-hybridized carbons (Fsp3) is 0.588. The van der Waals surface area contributed by atoms with Gasteiger partial charge in [-0.15, -0.1) is 0 Å². The first-order valence-corrected chi connectivity index (χ1v) is 7.03. The summed E-state index contributed by atoms with van der Waals surface area (Å²) in [6.07, 6.45) is 0.589. The maximum absolute atomic E-state index is 11.9. The monoisotopic (exact) mass is 259 g/mol. The van der Waals surface area contributed by atoms with Gasteiger partial charge in [-0.2, -0.15) is 0 Å².